The number of likely N-dealkylation sites (tertiary alicyclic amines) is 1. The number of rotatable bonds is 2. The highest BCUT2D eigenvalue weighted by atomic mass is 32.1. The van der Waals surface area contributed by atoms with Crippen LogP contribution in [0.15, 0.2) is 5.38 Å². The summed E-state index contributed by atoms with van der Waals surface area (Å²) in [5.41, 5.74) is 0.614. The van der Waals surface area contributed by atoms with Crippen molar-refractivity contribution in [1.29, 1.82) is 0 Å². The van der Waals surface area contributed by atoms with Crippen molar-refractivity contribution in [2.45, 2.75) is 32.2 Å². The summed E-state index contributed by atoms with van der Waals surface area (Å²) in [4.78, 5) is 20.7. The van der Waals surface area contributed by atoms with Gasteiger partial charge < -0.3 is 9.80 Å². The van der Waals surface area contributed by atoms with Crippen molar-refractivity contribution in [3.8, 4) is 0 Å². The second-order valence-electron chi connectivity index (χ2n) is 5.76. The van der Waals surface area contributed by atoms with Crippen LogP contribution < -0.4 is 4.90 Å². The molecule has 0 radical (unpaired) electrons. The first-order valence-electron chi connectivity index (χ1n) is 7.07. The Morgan fingerprint density at radius 2 is 2.26 bits per heavy atom. The van der Waals surface area contributed by atoms with Crippen LogP contribution in [0.4, 0.5) is 5.13 Å². The van der Waals surface area contributed by atoms with Gasteiger partial charge in [0, 0.05) is 31.4 Å². The molecule has 2 fully saturated rings. The molecule has 0 amide bonds. The highest BCUT2D eigenvalue weighted by molar-refractivity contribution is 7.13. The number of piperidine rings is 2. The van der Waals surface area contributed by atoms with Gasteiger partial charge in [-0.15, -0.1) is 11.3 Å². The third-order valence-corrected chi connectivity index (χ3v) is 5.37. The molecule has 0 aromatic carbocycles. The van der Waals surface area contributed by atoms with Crippen LogP contribution in [0.5, 0.6) is 0 Å². The number of aromatic nitrogens is 1. The molecule has 2 aliphatic rings. The zero-order valence-corrected chi connectivity index (χ0v) is 12.4. The van der Waals surface area contributed by atoms with Gasteiger partial charge in [-0.2, -0.15) is 0 Å². The molecular formula is C14H21N3OS. The SMILES string of the molecule is CC(=O)c1csc(N2CCC3C(CCCN3C)C2)n1. The number of carbonyl (C=O) groups is 1. The van der Waals surface area contributed by atoms with Crippen LogP contribution in [0, 0.1) is 5.92 Å². The normalized spacial score (nSPS) is 28.2. The Bertz CT molecular complexity index is 473. The van der Waals surface area contributed by atoms with Crippen LogP contribution >= 0.6 is 11.3 Å². The highest BCUT2D eigenvalue weighted by Gasteiger charge is 2.34. The molecule has 104 valence electrons. The van der Waals surface area contributed by atoms with E-state index in [2.05, 4.69) is 21.8 Å². The molecule has 0 spiro atoms. The lowest BCUT2D eigenvalue weighted by atomic mass is 9.84. The highest BCUT2D eigenvalue weighted by Crippen LogP contribution is 2.33. The maximum atomic E-state index is 11.3. The summed E-state index contributed by atoms with van der Waals surface area (Å²) in [7, 11) is 2.25. The van der Waals surface area contributed by atoms with Gasteiger partial charge >= 0.3 is 0 Å². The fourth-order valence-corrected chi connectivity index (χ4v) is 4.30. The number of nitrogens with zero attached hydrogens (tertiary/aromatic N) is 3. The molecule has 3 heterocycles. The summed E-state index contributed by atoms with van der Waals surface area (Å²) >= 11 is 1.60. The molecule has 2 unspecified atom stereocenters. The number of fused-ring (bicyclic) bond motifs is 1. The Hall–Kier alpha value is -0.940. The summed E-state index contributed by atoms with van der Waals surface area (Å²) in [6.45, 7) is 4.99. The van der Waals surface area contributed by atoms with Gasteiger partial charge in [0.25, 0.3) is 0 Å². The third-order valence-electron chi connectivity index (χ3n) is 4.47. The van der Waals surface area contributed by atoms with Crippen LogP contribution in [-0.2, 0) is 0 Å². The number of Topliss-reactive ketones (excluding diaryl/α,β-unsaturated/α-hetero) is 1. The maximum Gasteiger partial charge on any atom is 0.185 e. The van der Waals surface area contributed by atoms with E-state index in [-0.39, 0.29) is 5.78 Å². The van der Waals surface area contributed by atoms with E-state index in [1.165, 1.54) is 25.8 Å². The fraction of sp³-hybridized carbons (Fsp3) is 0.714. The van der Waals surface area contributed by atoms with E-state index in [1.807, 2.05) is 5.38 Å². The van der Waals surface area contributed by atoms with E-state index in [9.17, 15) is 4.79 Å². The lowest BCUT2D eigenvalue weighted by molar-refractivity contribution is 0.101. The molecule has 0 N–H and O–H groups in total. The minimum Gasteiger partial charge on any atom is -0.348 e. The number of carbonyl (C=O) groups excluding carboxylic acids is 1. The van der Waals surface area contributed by atoms with Crippen LogP contribution in [0.3, 0.4) is 0 Å². The second-order valence-corrected chi connectivity index (χ2v) is 6.59. The summed E-state index contributed by atoms with van der Waals surface area (Å²) < 4.78 is 0. The first-order valence-corrected chi connectivity index (χ1v) is 7.95. The van der Waals surface area contributed by atoms with E-state index in [0.717, 1.165) is 30.2 Å². The van der Waals surface area contributed by atoms with Gasteiger partial charge in [-0.1, -0.05) is 0 Å². The van der Waals surface area contributed by atoms with Crippen LogP contribution in [0.1, 0.15) is 36.7 Å². The van der Waals surface area contributed by atoms with Gasteiger partial charge in [0.2, 0.25) is 0 Å². The number of hydrogen-bond donors (Lipinski definition) is 0. The summed E-state index contributed by atoms with van der Waals surface area (Å²) in [5, 5.41) is 2.91. The number of ketones is 1. The summed E-state index contributed by atoms with van der Waals surface area (Å²) in [6, 6.07) is 0.747. The number of thiazole rings is 1. The first kappa shape index (κ1) is 13.1. The molecule has 4 nitrogen and oxygen atoms in total. The molecule has 2 aliphatic heterocycles. The van der Waals surface area contributed by atoms with Crippen molar-refractivity contribution in [3.05, 3.63) is 11.1 Å². The molecule has 2 saturated heterocycles. The monoisotopic (exact) mass is 279 g/mol. The third kappa shape index (κ3) is 2.54. The molecule has 1 aromatic heterocycles. The molecule has 1 aromatic rings. The van der Waals surface area contributed by atoms with E-state index >= 15 is 0 Å². The predicted octanol–water partition coefficient (Wildman–Crippen LogP) is 2.27. The second kappa shape index (κ2) is 5.21. The Balaban J connectivity index is 1.71. The lowest BCUT2D eigenvalue weighted by Gasteiger charge is -2.45. The smallest absolute Gasteiger partial charge is 0.185 e. The Labute approximate surface area is 118 Å². The summed E-state index contributed by atoms with van der Waals surface area (Å²) in [5.74, 6) is 0.826. The van der Waals surface area contributed by atoms with Gasteiger partial charge in [-0.25, -0.2) is 4.98 Å². The van der Waals surface area contributed by atoms with E-state index in [0.29, 0.717) is 5.69 Å². The molecule has 0 saturated carbocycles. The number of anilines is 1. The predicted molar refractivity (Wildman–Crippen MR) is 78.1 cm³/mol. The van der Waals surface area contributed by atoms with Crippen molar-refractivity contribution in [2.24, 2.45) is 5.92 Å². The van der Waals surface area contributed by atoms with Crippen molar-refractivity contribution in [1.82, 2.24) is 9.88 Å². The van der Waals surface area contributed by atoms with Gasteiger partial charge in [-0.3, -0.25) is 4.79 Å². The van der Waals surface area contributed by atoms with Crippen molar-refractivity contribution >= 4 is 22.3 Å². The lowest BCUT2D eigenvalue weighted by Crippen LogP contribution is -2.52. The fourth-order valence-electron chi connectivity index (χ4n) is 3.40. The van der Waals surface area contributed by atoms with E-state index in [1.54, 1.807) is 18.3 Å². The van der Waals surface area contributed by atoms with Crippen LogP contribution in [-0.4, -0.2) is 48.4 Å². The standard InChI is InChI=1S/C14H21N3OS/c1-10(18)12-9-19-14(15-12)17-7-5-13-11(8-17)4-3-6-16(13)2/h9,11,13H,3-8H2,1-2H3. The van der Waals surface area contributed by atoms with Crippen molar-refractivity contribution in [2.75, 3.05) is 31.6 Å². The minimum atomic E-state index is 0.0646. The zero-order valence-electron chi connectivity index (χ0n) is 11.6. The largest absolute Gasteiger partial charge is 0.348 e. The molecule has 5 heteroatoms. The quantitative estimate of drug-likeness (QED) is 0.778. The van der Waals surface area contributed by atoms with Crippen LogP contribution in [0.25, 0.3) is 0 Å². The van der Waals surface area contributed by atoms with Crippen molar-refractivity contribution < 1.29 is 4.79 Å². The van der Waals surface area contributed by atoms with Crippen LogP contribution in [0.2, 0.25) is 0 Å². The van der Waals surface area contributed by atoms with E-state index in [4.69, 9.17) is 0 Å². The summed E-state index contributed by atoms with van der Waals surface area (Å²) in [6.07, 6.45) is 3.86. The molecule has 0 bridgehead atoms. The Morgan fingerprint density at radius 1 is 1.42 bits per heavy atom. The maximum absolute atomic E-state index is 11.3. The Kier molecular flexibility index (Phi) is 3.58. The topological polar surface area (TPSA) is 36.4 Å². The molecule has 0 aliphatic carbocycles. The minimum absolute atomic E-state index is 0.0646. The first-order chi connectivity index (χ1) is 9.15. The molecular weight excluding hydrogens is 258 g/mol. The Morgan fingerprint density at radius 3 is 3.00 bits per heavy atom. The van der Waals surface area contributed by atoms with Gasteiger partial charge in [0.15, 0.2) is 10.9 Å². The zero-order chi connectivity index (χ0) is 13.4. The van der Waals surface area contributed by atoms with Gasteiger partial charge in [0.1, 0.15) is 5.69 Å². The average Bonchev–Trinajstić information content (AvgIpc) is 2.88. The molecule has 3 rings (SSSR count). The molecule has 2 atom stereocenters. The number of hydrogen-bond acceptors (Lipinski definition) is 5. The van der Waals surface area contributed by atoms with Gasteiger partial charge in [0.05, 0.1) is 0 Å². The average molecular weight is 279 g/mol. The molecule has 19 heavy (non-hydrogen) atoms. The van der Waals surface area contributed by atoms with Crippen molar-refractivity contribution in [3.63, 3.8) is 0 Å². The van der Waals surface area contributed by atoms with E-state index < -0.39 is 0 Å². The van der Waals surface area contributed by atoms with Gasteiger partial charge in [-0.05, 0) is 38.8 Å².